The molecule has 1 amide bonds. The van der Waals surface area contributed by atoms with Gasteiger partial charge in [-0.25, -0.2) is 4.79 Å². The third-order valence-electron chi connectivity index (χ3n) is 3.16. The molecular weight excluding hydrogens is 282 g/mol. The first-order valence-corrected chi connectivity index (χ1v) is 6.89. The van der Waals surface area contributed by atoms with E-state index in [1.807, 2.05) is 6.92 Å². The van der Waals surface area contributed by atoms with Crippen molar-refractivity contribution in [1.29, 1.82) is 0 Å². The number of carboxylic acids is 1. The fraction of sp³-hybridized carbons (Fsp3) is 0.176. The quantitative estimate of drug-likeness (QED) is 0.887. The number of hydrogen-bond acceptors (Lipinski definition) is 3. The molecule has 0 spiro atoms. The maximum atomic E-state index is 12.2. The van der Waals surface area contributed by atoms with Crippen LogP contribution in [0.3, 0.4) is 0 Å². The van der Waals surface area contributed by atoms with Crippen LogP contribution in [0.1, 0.15) is 33.2 Å². The Bertz CT molecular complexity index is 692. The third-order valence-corrected chi connectivity index (χ3v) is 3.16. The van der Waals surface area contributed by atoms with Gasteiger partial charge in [-0.1, -0.05) is 6.07 Å². The molecule has 2 rings (SSSR count). The van der Waals surface area contributed by atoms with Crippen molar-refractivity contribution in [2.75, 3.05) is 11.9 Å². The zero-order valence-electron chi connectivity index (χ0n) is 12.4. The summed E-state index contributed by atoms with van der Waals surface area (Å²) in [5.41, 5.74) is 1.89. The third kappa shape index (κ3) is 3.63. The van der Waals surface area contributed by atoms with Crippen molar-refractivity contribution in [2.45, 2.75) is 13.8 Å². The van der Waals surface area contributed by atoms with Gasteiger partial charge in [0.1, 0.15) is 5.75 Å². The normalized spacial score (nSPS) is 10.1. The average molecular weight is 299 g/mol. The molecule has 0 unspecified atom stereocenters. The van der Waals surface area contributed by atoms with E-state index in [0.29, 0.717) is 23.6 Å². The first kappa shape index (κ1) is 15.6. The molecule has 0 heterocycles. The maximum Gasteiger partial charge on any atom is 0.335 e. The van der Waals surface area contributed by atoms with E-state index in [2.05, 4.69) is 5.32 Å². The highest BCUT2D eigenvalue weighted by molar-refractivity contribution is 6.05. The highest BCUT2D eigenvalue weighted by atomic mass is 16.5. The largest absolute Gasteiger partial charge is 0.494 e. The highest BCUT2D eigenvalue weighted by Gasteiger charge is 2.10. The molecule has 2 aromatic rings. The molecule has 0 aliphatic rings. The van der Waals surface area contributed by atoms with Crippen LogP contribution in [0.25, 0.3) is 0 Å². The zero-order chi connectivity index (χ0) is 16.1. The Labute approximate surface area is 128 Å². The fourth-order valence-electron chi connectivity index (χ4n) is 1.95. The summed E-state index contributed by atoms with van der Waals surface area (Å²) in [5.74, 6) is -0.631. The van der Waals surface area contributed by atoms with Gasteiger partial charge in [0, 0.05) is 11.3 Å². The second-order valence-corrected chi connectivity index (χ2v) is 4.75. The van der Waals surface area contributed by atoms with Crippen LogP contribution in [0.15, 0.2) is 42.5 Å². The van der Waals surface area contributed by atoms with Crippen LogP contribution in [-0.2, 0) is 0 Å². The second-order valence-electron chi connectivity index (χ2n) is 4.75. The smallest absolute Gasteiger partial charge is 0.335 e. The predicted molar refractivity (Wildman–Crippen MR) is 83.7 cm³/mol. The summed E-state index contributed by atoms with van der Waals surface area (Å²) >= 11 is 0. The molecule has 22 heavy (non-hydrogen) atoms. The summed E-state index contributed by atoms with van der Waals surface area (Å²) in [6.45, 7) is 4.25. The molecule has 0 aliphatic heterocycles. The van der Waals surface area contributed by atoms with Crippen molar-refractivity contribution < 1.29 is 19.4 Å². The predicted octanol–water partition coefficient (Wildman–Crippen LogP) is 3.34. The van der Waals surface area contributed by atoms with E-state index < -0.39 is 5.97 Å². The van der Waals surface area contributed by atoms with Gasteiger partial charge in [-0.2, -0.15) is 0 Å². The number of aromatic carboxylic acids is 1. The summed E-state index contributed by atoms with van der Waals surface area (Å²) in [6, 6.07) is 11.4. The molecule has 0 saturated heterocycles. The van der Waals surface area contributed by atoms with E-state index in [4.69, 9.17) is 9.84 Å². The van der Waals surface area contributed by atoms with Crippen LogP contribution in [0.4, 0.5) is 5.69 Å². The highest BCUT2D eigenvalue weighted by Crippen LogP contribution is 2.19. The number of ether oxygens (including phenoxy) is 1. The zero-order valence-corrected chi connectivity index (χ0v) is 12.4. The number of carbonyl (C=O) groups excluding carboxylic acids is 1. The number of amides is 1. The van der Waals surface area contributed by atoms with Crippen LogP contribution in [0.2, 0.25) is 0 Å². The van der Waals surface area contributed by atoms with Gasteiger partial charge in [-0.05, 0) is 55.8 Å². The summed E-state index contributed by atoms with van der Waals surface area (Å²) in [6.07, 6.45) is 0. The molecule has 0 radical (unpaired) electrons. The maximum absolute atomic E-state index is 12.2. The topological polar surface area (TPSA) is 75.6 Å². The molecule has 5 nitrogen and oxygen atoms in total. The van der Waals surface area contributed by atoms with Crippen molar-refractivity contribution in [3.63, 3.8) is 0 Å². The van der Waals surface area contributed by atoms with Crippen LogP contribution in [-0.4, -0.2) is 23.6 Å². The SMILES string of the molecule is CCOc1ccc(C(=O)Nc2cc(C(=O)O)ccc2C)cc1. The van der Waals surface area contributed by atoms with Crippen molar-refractivity contribution in [3.05, 3.63) is 59.2 Å². The fourth-order valence-corrected chi connectivity index (χ4v) is 1.95. The number of aryl methyl sites for hydroxylation is 1. The lowest BCUT2D eigenvalue weighted by Gasteiger charge is -2.10. The Morgan fingerprint density at radius 2 is 1.73 bits per heavy atom. The van der Waals surface area contributed by atoms with Crippen LogP contribution in [0, 0.1) is 6.92 Å². The molecule has 0 aromatic heterocycles. The minimum atomic E-state index is -1.03. The van der Waals surface area contributed by atoms with E-state index in [1.54, 1.807) is 37.3 Å². The first-order valence-electron chi connectivity index (χ1n) is 6.89. The van der Waals surface area contributed by atoms with Crippen molar-refractivity contribution in [3.8, 4) is 5.75 Å². The van der Waals surface area contributed by atoms with Crippen molar-refractivity contribution in [2.24, 2.45) is 0 Å². The summed E-state index contributed by atoms with van der Waals surface area (Å²) in [4.78, 5) is 23.2. The summed E-state index contributed by atoms with van der Waals surface area (Å²) in [7, 11) is 0. The number of carbonyl (C=O) groups is 2. The molecule has 0 aliphatic carbocycles. The number of rotatable bonds is 5. The standard InChI is InChI=1S/C17H17NO4/c1-3-22-14-8-6-12(7-9-14)16(19)18-15-10-13(17(20)21)5-4-11(15)2/h4-10H,3H2,1-2H3,(H,18,19)(H,20,21). The molecule has 5 heteroatoms. The summed E-state index contributed by atoms with van der Waals surface area (Å²) < 4.78 is 5.32. The van der Waals surface area contributed by atoms with E-state index in [1.165, 1.54) is 12.1 Å². The Morgan fingerprint density at radius 1 is 1.09 bits per heavy atom. The molecule has 0 bridgehead atoms. The molecular formula is C17H17NO4. The Hall–Kier alpha value is -2.82. The van der Waals surface area contributed by atoms with Gasteiger partial charge in [0.25, 0.3) is 5.91 Å². The van der Waals surface area contributed by atoms with Crippen molar-refractivity contribution in [1.82, 2.24) is 0 Å². The minimum absolute atomic E-state index is 0.132. The number of hydrogen-bond donors (Lipinski definition) is 2. The minimum Gasteiger partial charge on any atom is -0.494 e. The van der Waals surface area contributed by atoms with Crippen LogP contribution >= 0.6 is 0 Å². The number of nitrogens with one attached hydrogen (secondary N) is 1. The molecule has 2 aromatic carbocycles. The second kappa shape index (κ2) is 6.76. The van der Waals surface area contributed by atoms with E-state index >= 15 is 0 Å². The number of anilines is 1. The monoisotopic (exact) mass is 299 g/mol. The summed E-state index contributed by atoms with van der Waals surface area (Å²) in [5, 5.41) is 11.7. The Balaban J connectivity index is 2.17. The van der Waals surface area contributed by atoms with Gasteiger partial charge in [-0.15, -0.1) is 0 Å². The van der Waals surface area contributed by atoms with Gasteiger partial charge in [-0.3, -0.25) is 4.79 Å². The van der Waals surface area contributed by atoms with Crippen molar-refractivity contribution >= 4 is 17.6 Å². The molecule has 2 N–H and O–H groups in total. The number of carboxylic acid groups (broad SMARTS) is 1. The Kier molecular flexibility index (Phi) is 4.78. The van der Waals surface area contributed by atoms with E-state index in [9.17, 15) is 9.59 Å². The lowest BCUT2D eigenvalue weighted by molar-refractivity contribution is 0.0696. The van der Waals surface area contributed by atoms with Gasteiger partial charge in [0.15, 0.2) is 0 Å². The average Bonchev–Trinajstić information content (AvgIpc) is 2.50. The Morgan fingerprint density at radius 3 is 2.32 bits per heavy atom. The van der Waals surface area contributed by atoms with Gasteiger partial charge < -0.3 is 15.2 Å². The van der Waals surface area contributed by atoms with Gasteiger partial charge in [0.05, 0.1) is 12.2 Å². The van der Waals surface area contributed by atoms with E-state index in [0.717, 1.165) is 5.56 Å². The van der Waals surface area contributed by atoms with Gasteiger partial charge in [0.2, 0.25) is 0 Å². The molecule has 0 atom stereocenters. The molecule has 114 valence electrons. The molecule has 0 saturated carbocycles. The van der Waals surface area contributed by atoms with Crippen LogP contribution in [0.5, 0.6) is 5.75 Å². The first-order chi connectivity index (χ1) is 10.5. The van der Waals surface area contributed by atoms with Gasteiger partial charge >= 0.3 is 5.97 Å². The van der Waals surface area contributed by atoms with E-state index in [-0.39, 0.29) is 11.5 Å². The lowest BCUT2D eigenvalue weighted by Crippen LogP contribution is -2.13. The number of benzene rings is 2. The molecule has 0 fully saturated rings. The van der Waals surface area contributed by atoms with Crippen LogP contribution < -0.4 is 10.1 Å². The lowest BCUT2D eigenvalue weighted by atomic mass is 10.1.